The second-order valence-electron chi connectivity index (χ2n) is 6.22. The highest BCUT2D eigenvalue weighted by atomic mass is 79.9. The highest BCUT2D eigenvalue weighted by Crippen LogP contribution is 2.22. The number of sulfonamides is 1. The van der Waals surface area contributed by atoms with E-state index in [1.807, 2.05) is 0 Å². The zero-order valence-corrected chi connectivity index (χ0v) is 17.3. The van der Waals surface area contributed by atoms with Crippen LogP contribution in [0.4, 0.5) is 13.2 Å². The standard InChI is InChI=1S/C18H16BrF3N2O4S/c19-12-1-4-17(16(22)9-12)28-11-18(25)23-5-7-24(8-6-23)29(26,27)13-2-3-14(20)15(21)10-13/h1-4,9-10H,5-8,11H2. The monoisotopic (exact) mass is 492 g/mol. The second-order valence-corrected chi connectivity index (χ2v) is 9.08. The van der Waals surface area contributed by atoms with Crippen LogP contribution in [0.3, 0.4) is 0 Å². The summed E-state index contributed by atoms with van der Waals surface area (Å²) in [4.78, 5) is 13.3. The number of carbonyl (C=O) groups excluding carboxylic acids is 1. The summed E-state index contributed by atoms with van der Waals surface area (Å²) in [6.07, 6.45) is 0. The molecule has 6 nitrogen and oxygen atoms in total. The van der Waals surface area contributed by atoms with Crippen LogP contribution in [0.5, 0.6) is 5.75 Å². The number of amides is 1. The SMILES string of the molecule is O=C(COc1ccc(Br)cc1F)N1CCN(S(=O)(=O)c2ccc(F)c(F)c2)CC1. The molecule has 1 heterocycles. The lowest BCUT2D eigenvalue weighted by Crippen LogP contribution is -2.51. The highest BCUT2D eigenvalue weighted by Gasteiger charge is 2.30. The molecule has 0 bridgehead atoms. The predicted molar refractivity (Wildman–Crippen MR) is 101 cm³/mol. The van der Waals surface area contributed by atoms with Crippen molar-refractivity contribution in [1.29, 1.82) is 0 Å². The van der Waals surface area contributed by atoms with E-state index in [0.717, 1.165) is 16.4 Å². The van der Waals surface area contributed by atoms with E-state index in [4.69, 9.17) is 4.74 Å². The second kappa shape index (κ2) is 8.72. The van der Waals surface area contributed by atoms with Crippen LogP contribution in [0.25, 0.3) is 0 Å². The summed E-state index contributed by atoms with van der Waals surface area (Å²) < 4.78 is 72.1. The summed E-state index contributed by atoms with van der Waals surface area (Å²) in [5, 5.41) is 0. The zero-order valence-electron chi connectivity index (χ0n) is 14.9. The molecular weight excluding hydrogens is 477 g/mol. The van der Waals surface area contributed by atoms with Crippen LogP contribution in [0.15, 0.2) is 45.8 Å². The molecule has 3 rings (SSSR count). The molecule has 2 aromatic carbocycles. The van der Waals surface area contributed by atoms with E-state index in [1.54, 1.807) is 6.07 Å². The molecule has 0 aliphatic carbocycles. The summed E-state index contributed by atoms with van der Waals surface area (Å²) in [7, 11) is -4.01. The van der Waals surface area contributed by atoms with E-state index < -0.39 is 40.0 Å². The summed E-state index contributed by atoms with van der Waals surface area (Å²) in [6.45, 7) is -0.240. The first-order valence-electron chi connectivity index (χ1n) is 8.49. The van der Waals surface area contributed by atoms with Crippen molar-refractivity contribution in [2.75, 3.05) is 32.8 Å². The highest BCUT2D eigenvalue weighted by molar-refractivity contribution is 9.10. The van der Waals surface area contributed by atoms with Gasteiger partial charge in [-0.05, 0) is 36.4 Å². The van der Waals surface area contributed by atoms with Crippen molar-refractivity contribution in [3.8, 4) is 5.75 Å². The minimum absolute atomic E-state index is 0.0142. The number of benzene rings is 2. The maximum absolute atomic E-state index is 13.7. The van der Waals surface area contributed by atoms with Gasteiger partial charge in [-0.2, -0.15) is 4.31 Å². The number of hydrogen-bond acceptors (Lipinski definition) is 4. The van der Waals surface area contributed by atoms with Gasteiger partial charge < -0.3 is 9.64 Å². The van der Waals surface area contributed by atoms with Crippen molar-refractivity contribution in [1.82, 2.24) is 9.21 Å². The number of nitrogens with zero attached hydrogens (tertiary/aromatic N) is 2. The number of carbonyl (C=O) groups is 1. The van der Waals surface area contributed by atoms with Gasteiger partial charge in [0.25, 0.3) is 5.91 Å². The lowest BCUT2D eigenvalue weighted by atomic mass is 10.3. The Balaban J connectivity index is 1.58. The maximum Gasteiger partial charge on any atom is 0.260 e. The van der Waals surface area contributed by atoms with E-state index >= 15 is 0 Å². The van der Waals surface area contributed by atoms with Crippen molar-refractivity contribution in [3.63, 3.8) is 0 Å². The molecule has 0 N–H and O–H groups in total. The number of ether oxygens (including phenoxy) is 1. The van der Waals surface area contributed by atoms with Gasteiger partial charge in [0.15, 0.2) is 29.8 Å². The van der Waals surface area contributed by atoms with Crippen molar-refractivity contribution < 1.29 is 31.1 Å². The maximum atomic E-state index is 13.7. The van der Waals surface area contributed by atoms with Crippen LogP contribution in [-0.2, 0) is 14.8 Å². The van der Waals surface area contributed by atoms with Gasteiger partial charge in [-0.1, -0.05) is 15.9 Å². The normalized spacial score (nSPS) is 15.4. The summed E-state index contributed by atoms with van der Waals surface area (Å²) in [5.41, 5.74) is 0. The zero-order chi connectivity index (χ0) is 21.2. The minimum atomic E-state index is -4.01. The topological polar surface area (TPSA) is 66.9 Å². The molecule has 1 saturated heterocycles. The van der Waals surface area contributed by atoms with Gasteiger partial charge in [-0.15, -0.1) is 0 Å². The fourth-order valence-electron chi connectivity index (χ4n) is 2.79. The fraction of sp³-hybridized carbons (Fsp3) is 0.278. The van der Waals surface area contributed by atoms with Gasteiger partial charge >= 0.3 is 0 Å². The molecule has 0 radical (unpaired) electrons. The smallest absolute Gasteiger partial charge is 0.260 e. The molecular formula is C18H16BrF3N2O4S. The van der Waals surface area contributed by atoms with Crippen LogP contribution in [0.2, 0.25) is 0 Å². The molecule has 156 valence electrons. The van der Waals surface area contributed by atoms with Gasteiger partial charge in [0.05, 0.1) is 4.90 Å². The summed E-state index contributed by atoms with van der Waals surface area (Å²) >= 11 is 3.12. The van der Waals surface area contributed by atoms with E-state index in [1.165, 1.54) is 17.0 Å². The van der Waals surface area contributed by atoms with E-state index in [0.29, 0.717) is 10.5 Å². The van der Waals surface area contributed by atoms with Crippen molar-refractivity contribution in [2.24, 2.45) is 0 Å². The van der Waals surface area contributed by atoms with Crippen molar-refractivity contribution >= 4 is 31.9 Å². The molecule has 11 heteroatoms. The third kappa shape index (κ3) is 4.90. The van der Waals surface area contributed by atoms with Crippen molar-refractivity contribution in [2.45, 2.75) is 4.90 Å². The number of piperazine rings is 1. The Morgan fingerprint density at radius 2 is 1.66 bits per heavy atom. The van der Waals surface area contributed by atoms with E-state index in [-0.39, 0.29) is 36.8 Å². The molecule has 0 unspecified atom stereocenters. The molecule has 1 aliphatic heterocycles. The van der Waals surface area contributed by atoms with Crippen LogP contribution in [-0.4, -0.2) is 56.3 Å². The van der Waals surface area contributed by atoms with E-state index in [2.05, 4.69) is 15.9 Å². The van der Waals surface area contributed by atoms with Gasteiger partial charge in [0, 0.05) is 30.7 Å². The number of hydrogen-bond donors (Lipinski definition) is 0. The molecule has 0 aromatic heterocycles. The molecule has 2 aromatic rings. The third-order valence-electron chi connectivity index (χ3n) is 4.37. The number of halogens is 4. The molecule has 29 heavy (non-hydrogen) atoms. The Kier molecular flexibility index (Phi) is 6.49. The summed E-state index contributed by atoms with van der Waals surface area (Å²) in [5.74, 6) is -3.49. The Bertz CT molecular complexity index is 1030. The molecule has 1 fully saturated rings. The van der Waals surface area contributed by atoms with Crippen LogP contribution in [0, 0.1) is 17.5 Å². The first-order chi connectivity index (χ1) is 13.7. The average molecular weight is 493 g/mol. The van der Waals surface area contributed by atoms with Crippen molar-refractivity contribution in [3.05, 3.63) is 58.3 Å². The third-order valence-corrected chi connectivity index (χ3v) is 6.75. The largest absolute Gasteiger partial charge is 0.481 e. The van der Waals surface area contributed by atoms with Crippen LogP contribution < -0.4 is 4.74 Å². The van der Waals surface area contributed by atoms with Gasteiger partial charge in [-0.25, -0.2) is 21.6 Å². The first kappa shape index (κ1) is 21.6. The van der Waals surface area contributed by atoms with Crippen LogP contribution >= 0.6 is 15.9 Å². The summed E-state index contributed by atoms with van der Waals surface area (Å²) in [6, 6.07) is 6.54. The Morgan fingerprint density at radius 3 is 2.28 bits per heavy atom. The lowest BCUT2D eigenvalue weighted by molar-refractivity contribution is -0.134. The van der Waals surface area contributed by atoms with Crippen LogP contribution in [0.1, 0.15) is 0 Å². The number of rotatable bonds is 5. The predicted octanol–water partition coefficient (Wildman–Crippen LogP) is 2.78. The molecule has 0 atom stereocenters. The minimum Gasteiger partial charge on any atom is -0.481 e. The lowest BCUT2D eigenvalue weighted by Gasteiger charge is -2.34. The molecule has 0 spiro atoms. The Morgan fingerprint density at radius 1 is 0.966 bits per heavy atom. The Labute approximate surface area is 174 Å². The fourth-order valence-corrected chi connectivity index (χ4v) is 4.55. The first-order valence-corrected chi connectivity index (χ1v) is 10.7. The molecule has 0 saturated carbocycles. The molecule has 1 aliphatic rings. The van der Waals surface area contributed by atoms with Gasteiger partial charge in [-0.3, -0.25) is 4.79 Å². The Hall–Kier alpha value is -2.11. The average Bonchev–Trinajstić information content (AvgIpc) is 2.69. The van der Waals surface area contributed by atoms with E-state index in [9.17, 15) is 26.4 Å². The van der Waals surface area contributed by atoms with Gasteiger partial charge in [0.1, 0.15) is 0 Å². The molecule has 1 amide bonds. The van der Waals surface area contributed by atoms with Gasteiger partial charge in [0.2, 0.25) is 10.0 Å². The quantitative estimate of drug-likeness (QED) is 0.643.